The molecule has 1 aromatic rings. The molecule has 1 aromatic heterocycles. The van der Waals surface area contributed by atoms with Gasteiger partial charge in [-0.1, -0.05) is 11.3 Å². The molecule has 18 heavy (non-hydrogen) atoms. The van der Waals surface area contributed by atoms with E-state index >= 15 is 0 Å². The molecule has 0 aliphatic carbocycles. The highest BCUT2D eigenvalue weighted by atomic mass is 32.1. The number of thiazole rings is 1. The molecule has 0 amide bonds. The highest BCUT2D eigenvalue weighted by Gasteiger charge is 2.35. The molecule has 0 bridgehead atoms. The van der Waals surface area contributed by atoms with Crippen LogP contribution in [0.4, 0.5) is 5.13 Å². The van der Waals surface area contributed by atoms with Crippen LogP contribution in [0.2, 0.25) is 0 Å². The van der Waals surface area contributed by atoms with Crippen LogP contribution in [0.15, 0.2) is 0 Å². The minimum atomic E-state index is 0.490. The lowest BCUT2D eigenvalue weighted by Crippen LogP contribution is -2.55. The van der Waals surface area contributed by atoms with Crippen LogP contribution in [0.1, 0.15) is 35.1 Å². The first-order chi connectivity index (χ1) is 8.69. The molecule has 2 unspecified atom stereocenters. The Labute approximate surface area is 112 Å². The topological polar surface area (TPSA) is 36.4 Å². The van der Waals surface area contributed by atoms with Gasteiger partial charge < -0.3 is 4.90 Å². The molecule has 0 radical (unpaired) electrons. The number of aldehydes is 1. The molecule has 3 heterocycles. The van der Waals surface area contributed by atoms with E-state index in [2.05, 4.69) is 21.7 Å². The van der Waals surface area contributed by atoms with E-state index in [1.165, 1.54) is 30.7 Å². The lowest BCUT2D eigenvalue weighted by atomic mass is 10.1. The summed E-state index contributed by atoms with van der Waals surface area (Å²) in [6, 6.07) is 1.18. The maximum absolute atomic E-state index is 10.9. The lowest BCUT2D eigenvalue weighted by molar-refractivity contribution is 0.112. The Hall–Kier alpha value is -0.940. The van der Waals surface area contributed by atoms with Gasteiger partial charge in [-0.15, -0.1) is 0 Å². The Bertz CT molecular complexity index is 459. The number of hydrogen-bond donors (Lipinski definition) is 0. The summed E-state index contributed by atoms with van der Waals surface area (Å²) in [5.74, 6) is 0. The van der Waals surface area contributed by atoms with E-state index in [1.807, 2.05) is 6.92 Å². The summed E-state index contributed by atoms with van der Waals surface area (Å²) in [4.78, 5) is 21.3. The molecule has 98 valence electrons. The van der Waals surface area contributed by atoms with E-state index in [4.69, 9.17) is 0 Å². The average molecular weight is 265 g/mol. The first-order valence-corrected chi connectivity index (χ1v) is 7.44. The zero-order chi connectivity index (χ0) is 12.7. The Morgan fingerprint density at radius 3 is 3.00 bits per heavy atom. The van der Waals surface area contributed by atoms with Gasteiger partial charge in [-0.05, 0) is 33.2 Å². The van der Waals surface area contributed by atoms with E-state index < -0.39 is 0 Å². The van der Waals surface area contributed by atoms with Crippen molar-refractivity contribution >= 4 is 22.8 Å². The molecule has 2 atom stereocenters. The molecule has 0 N–H and O–H groups in total. The van der Waals surface area contributed by atoms with Crippen molar-refractivity contribution < 1.29 is 4.79 Å². The zero-order valence-corrected chi connectivity index (χ0v) is 11.7. The molecular formula is C13H19N3OS. The second-order valence-electron chi connectivity index (χ2n) is 5.36. The minimum Gasteiger partial charge on any atom is -0.343 e. The number of aromatic nitrogens is 1. The number of carbonyl (C=O) groups is 1. The van der Waals surface area contributed by atoms with Crippen molar-refractivity contribution in [3.8, 4) is 0 Å². The Balaban J connectivity index is 1.84. The van der Waals surface area contributed by atoms with Crippen LogP contribution in [0, 0.1) is 6.92 Å². The molecule has 5 heteroatoms. The van der Waals surface area contributed by atoms with Crippen LogP contribution >= 0.6 is 11.3 Å². The fourth-order valence-electron chi connectivity index (χ4n) is 3.08. The van der Waals surface area contributed by atoms with Crippen LogP contribution in [0.5, 0.6) is 0 Å². The van der Waals surface area contributed by atoms with E-state index in [-0.39, 0.29) is 0 Å². The van der Waals surface area contributed by atoms with Gasteiger partial charge >= 0.3 is 0 Å². The number of piperazine rings is 1. The summed E-state index contributed by atoms with van der Waals surface area (Å²) in [5.41, 5.74) is 0.867. The second-order valence-corrected chi connectivity index (χ2v) is 6.37. The van der Waals surface area contributed by atoms with Gasteiger partial charge in [0.05, 0.1) is 10.6 Å². The highest BCUT2D eigenvalue weighted by molar-refractivity contribution is 7.17. The summed E-state index contributed by atoms with van der Waals surface area (Å²) in [7, 11) is 0. The number of fused-ring (bicyclic) bond motifs is 1. The van der Waals surface area contributed by atoms with Crippen molar-refractivity contribution in [3.05, 3.63) is 10.6 Å². The Morgan fingerprint density at radius 1 is 1.44 bits per heavy atom. The Kier molecular flexibility index (Phi) is 3.11. The minimum absolute atomic E-state index is 0.490. The van der Waals surface area contributed by atoms with Crippen molar-refractivity contribution in [2.45, 2.75) is 38.8 Å². The predicted octanol–water partition coefficient (Wildman–Crippen LogP) is 1.94. The molecule has 0 saturated carbocycles. The normalized spacial score (nSPS) is 28.4. The third-order valence-electron chi connectivity index (χ3n) is 4.11. The number of anilines is 1. The molecule has 4 nitrogen and oxygen atoms in total. The van der Waals surface area contributed by atoms with Gasteiger partial charge in [0, 0.05) is 25.2 Å². The molecular weight excluding hydrogens is 246 g/mol. The predicted molar refractivity (Wildman–Crippen MR) is 73.6 cm³/mol. The molecule has 2 aliphatic heterocycles. The molecule has 0 aromatic carbocycles. The number of carbonyl (C=O) groups excluding carboxylic acids is 1. The van der Waals surface area contributed by atoms with Gasteiger partial charge in [0.25, 0.3) is 0 Å². The maximum Gasteiger partial charge on any atom is 0.186 e. The van der Waals surface area contributed by atoms with Gasteiger partial charge in [0.1, 0.15) is 0 Å². The number of aryl methyl sites for hydroxylation is 1. The number of rotatable bonds is 2. The van der Waals surface area contributed by atoms with Crippen LogP contribution in [0.3, 0.4) is 0 Å². The fourth-order valence-corrected chi connectivity index (χ4v) is 4.07. The quantitative estimate of drug-likeness (QED) is 0.766. The maximum atomic E-state index is 10.9. The third-order valence-corrected chi connectivity index (χ3v) is 5.23. The van der Waals surface area contributed by atoms with E-state index in [9.17, 15) is 4.79 Å². The summed E-state index contributed by atoms with van der Waals surface area (Å²) >= 11 is 1.53. The van der Waals surface area contributed by atoms with Crippen molar-refractivity contribution in [1.82, 2.24) is 9.88 Å². The monoisotopic (exact) mass is 265 g/mol. The number of hydrogen-bond acceptors (Lipinski definition) is 5. The van der Waals surface area contributed by atoms with Crippen LogP contribution in [-0.4, -0.2) is 47.9 Å². The van der Waals surface area contributed by atoms with Gasteiger partial charge in [0.2, 0.25) is 0 Å². The van der Waals surface area contributed by atoms with Crippen LogP contribution in [0.25, 0.3) is 0 Å². The van der Waals surface area contributed by atoms with E-state index in [0.29, 0.717) is 12.1 Å². The van der Waals surface area contributed by atoms with Crippen molar-refractivity contribution in [1.29, 1.82) is 0 Å². The van der Waals surface area contributed by atoms with Crippen molar-refractivity contribution in [2.24, 2.45) is 0 Å². The van der Waals surface area contributed by atoms with Gasteiger partial charge in [-0.2, -0.15) is 0 Å². The zero-order valence-electron chi connectivity index (χ0n) is 10.9. The lowest BCUT2D eigenvalue weighted by Gasteiger charge is -2.42. The summed E-state index contributed by atoms with van der Waals surface area (Å²) in [6.45, 7) is 7.61. The number of nitrogens with zero attached hydrogens (tertiary/aromatic N) is 3. The molecule has 0 spiro atoms. The van der Waals surface area contributed by atoms with Gasteiger partial charge in [-0.25, -0.2) is 4.98 Å². The largest absolute Gasteiger partial charge is 0.343 e. The second kappa shape index (κ2) is 4.63. The van der Waals surface area contributed by atoms with Gasteiger partial charge in [0.15, 0.2) is 11.4 Å². The fraction of sp³-hybridized carbons (Fsp3) is 0.692. The highest BCUT2D eigenvalue weighted by Crippen LogP contribution is 2.32. The Morgan fingerprint density at radius 2 is 2.28 bits per heavy atom. The molecule has 2 fully saturated rings. The summed E-state index contributed by atoms with van der Waals surface area (Å²) in [5, 5.41) is 1.02. The van der Waals surface area contributed by atoms with Crippen molar-refractivity contribution in [2.75, 3.05) is 24.5 Å². The third kappa shape index (κ3) is 1.95. The van der Waals surface area contributed by atoms with Crippen LogP contribution < -0.4 is 4.90 Å². The van der Waals surface area contributed by atoms with Crippen molar-refractivity contribution in [3.63, 3.8) is 0 Å². The summed E-state index contributed by atoms with van der Waals surface area (Å²) < 4.78 is 0. The molecule has 2 saturated heterocycles. The van der Waals surface area contributed by atoms with Gasteiger partial charge in [-0.3, -0.25) is 9.69 Å². The van der Waals surface area contributed by atoms with E-state index in [1.54, 1.807) is 0 Å². The molecule has 2 aliphatic rings. The van der Waals surface area contributed by atoms with Crippen LogP contribution in [-0.2, 0) is 0 Å². The first kappa shape index (κ1) is 12.1. The first-order valence-electron chi connectivity index (χ1n) is 6.62. The summed E-state index contributed by atoms with van der Waals surface area (Å²) in [6.07, 6.45) is 3.54. The average Bonchev–Trinajstić information content (AvgIpc) is 2.93. The molecule has 3 rings (SSSR count). The smallest absolute Gasteiger partial charge is 0.186 e. The standard InChI is InChI=1S/C13H19N3OS/c1-9-6-15-5-3-4-11(15)7-16(9)13-14-10(2)12(8-17)18-13/h8-9,11H,3-7H2,1-2H3. The SMILES string of the molecule is Cc1nc(N2CC3CCCN3CC2C)sc1C=O. The van der Waals surface area contributed by atoms with E-state index in [0.717, 1.165) is 35.1 Å².